The van der Waals surface area contributed by atoms with E-state index in [1.807, 2.05) is 0 Å². The number of nitrogens with zero attached hydrogens (tertiary/aromatic N) is 1. The van der Waals surface area contributed by atoms with Crippen LogP contribution in [0.4, 0.5) is 0 Å². The Balaban J connectivity index is 1.67. The number of unbranched alkanes of at least 4 members (excludes halogenated alkanes) is 1. The van der Waals surface area contributed by atoms with Gasteiger partial charge in [-0.25, -0.2) is 0 Å². The number of hydrogen-bond donors (Lipinski definition) is 3. The molecule has 2 saturated heterocycles. The highest BCUT2D eigenvalue weighted by Gasteiger charge is 2.26. The van der Waals surface area contributed by atoms with Crippen LogP contribution >= 0.6 is 0 Å². The molecule has 0 amide bonds. The zero-order chi connectivity index (χ0) is 12.6. The average Bonchev–Trinajstić information content (AvgIpc) is 2.45. The van der Waals surface area contributed by atoms with E-state index in [9.17, 15) is 0 Å². The Labute approximate surface area is 112 Å². The van der Waals surface area contributed by atoms with Gasteiger partial charge in [-0.05, 0) is 38.4 Å². The third-order valence-electron chi connectivity index (χ3n) is 4.23. The molecule has 4 heteroatoms. The van der Waals surface area contributed by atoms with Crippen molar-refractivity contribution in [1.29, 1.82) is 0 Å². The minimum Gasteiger partial charge on any atom is -0.316 e. The van der Waals surface area contributed by atoms with E-state index in [2.05, 4.69) is 27.8 Å². The van der Waals surface area contributed by atoms with E-state index < -0.39 is 0 Å². The van der Waals surface area contributed by atoms with Crippen LogP contribution < -0.4 is 16.0 Å². The predicted molar refractivity (Wildman–Crippen MR) is 77.0 cm³/mol. The maximum atomic E-state index is 3.62. The second kappa shape index (κ2) is 8.10. The van der Waals surface area contributed by atoms with Crippen LogP contribution in [-0.2, 0) is 0 Å². The molecule has 4 nitrogen and oxygen atoms in total. The molecule has 2 unspecified atom stereocenters. The van der Waals surface area contributed by atoms with Gasteiger partial charge in [-0.15, -0.1) is 0 Å². The topological polar surface area (TPSA) is 39.3 Å². The fourth-order valence-electron chi connectivity index (χ4n) is 3.09. The number of hydrogen-bond acceptors (Lipinski definition) is 4. The minimum absolute atomic E-state index is 0.763. The zero-order valence-corrected chi connectivity index (χ0v) is 11.9. The lowest BCUT2D eigenvalue weighted by Crippen LogP contribution is -2.55. The van der Waals surface area contributed by atoms with Crippen LogP contribution in [0.3, 0.4) is 0 Å². The fraction of sp³-hybridized carbons (Fsp3) is 1.00. The van der Waals surface area contributed by atoms with Gasteiger partial charge in [0.1, 0.15) is 0 Å². The van der Waals surface area contributed by atoms with E-state index in [-0.39, 0.29) is 0 Å². The van der Waals surface area contributed by atoms with Crippen molar-refractivity contribution in [2.24, 2.45) is 5.92 Å². The lowest BCUT2D eigenvalue weighted by molar-refractivity contribution is 0.125. The van der Waals surface area contributed by atoms with Crippen LogP contribution in [0.15, 0.2) is 0 Å². The molecule has 0 spiro atoms. The molecule has 0 aromatic heterocycles. The molecule has 2 fully saturated rings. The second-order valence-corrected chi connectivity index (χ2v) is 5.76. The first-order valence-corrected chi connectivity index (χ1v) is 7.76. The Kier molecular flexibility index (Phi) is 6.41. The van der Waals surface area contributed by atoms with Crippen molar-refractivity contribution in [3.63, 3.8) is 0 Å². The van der Waals surface area contributed by atoms with Crippen molar-refractivity contribution in [2.75, 3.05) is 52.4 Å². The van der Waals surface area contributed by atoms with Gasteiger partial charge in [0, 0.05) is 38.8 Å². The van der Waals surface area contributed by atoms with E-state index in [1.165, 1.54) is 58.5 Å². The number of piperazine rings is 1. The maximum Gasteiger partial charge on any atom is 0.0225 e. The molecule has 106 valence electrons. The Morgan fingerprint density at radius 2 is 2.00 bits per heavy atom. The van der Waals surface area contributed by atoms with Crippen LogP contribution in [0.2, 0.25) is 0 Å². The molecule has 2 rings (SSSR count). The number of rotatable bonds is 6. The summed E-state index contributed by atoms with van der Waals surface area (Å²) in [5, 5.41) is 10.7. The summed E-state index contributed by atoms with van der Waals surface area (Å²) in [7, 11) is 0. The molecule has 0 aromatic carbocycles. The fourth-order valence-corrected chi connectivity index (χ4v) is 3.09. The quantitative estimate of drug-likeness (QED) is 0.595. The Morgan fingerprint density at radius 3 is 2.78 bits per heavy atom. The normalized spacial score (nSPS) is 30.5. The highest BCUT2D eigenvalue weighted by atomic mass is 15.2. The number of nitrogens with one attached hydrogen (secondary N) is 3. The number of piperidine rings is 1. The van der Waals surface area contributed by atoms with E-state index >= 15 is 0 Å². The molecule has 2 aliphatic heterocycles. The van der Waals surface area contributed by atoms with Crippen molar-refractivity contribution in [3.8, 4) is 0 Å². The van der Waals surface area contributed by atoms with Crippen molar-refractivity contribution in [3.05, 3.63) is 0 Å². The molecule has 2 atom stereocenters. The van der Waals surface area contributed by atoms with Gasteiger partial charge in [-0.3, -0.25) is 4.90 Å². The van der Waals surface area contributed by atoms with Crippen molar-refractivity contribution < 1.29 is 0 Å². The SMILES string of the molecule is CCCCNCC1CNCC(N2CCNCC2)C1. The largest absolute Gasteiger partial charge is 0.316 e. The summed E-state index contributed by atoms with van der Waals surface area (Å²) in [5.41, 5.74) is 0. The molecule has 2 heterocycles. The monoisotopic (exact) mass is 254 g/mol. The lowest BCUT2D eigenvalue weighted by atomic mass is 9.94. The van der Waals surface area contributed by atoms with Crippen molar-refractivity contribution in [1.82, 2.24) is 20.9 Å². The summed E-state index contributed by atoms with van der Waals surface area (Å²) < 4.78 is 0. The molecule has 0 aliphatic carbocycles. The van der Waals surface area contributed by atoms with E-state index in [0.717, 1.165) is 25.0 Å². The Morgan fingerprint density at radius 1 is 1.17 bits per heavy atom. The van der Waals surface area contributed by atoms with E-state index in [4.69, 9.17) is 0 Å². The summed E-state index contributed by atoms with van der Waals surface area (Å²) in [6, 6.07) is 0.763. The van der Waals surface area contributed by atoms with Crippen LogP contribution in [0.25, 0.3) is 0 Å². The third-order valence-corrected chi connectivity index (χ3v) is 4.23. The Hall–Kier alpha value is -0.160. The summed E-state index contributed by atoms with van der Waals surface area (Å²) in [5.74, 6) is 0.815. The summed E-state index contributed by atoms with van der Waals surface area (Å²) in [6.45, 7) is 11.8. The highest BCUT2D eigenvalue weighted by Crippen LogP contribution is 2.15. The predicted octanol–water partition coefficient (Wildman–Crippen LogP) is 0.259. The summed E-state index contributed by atoms with van der Waals surface area (Å²) in [4.78, 5) is 2.67. The molecule has 2 aliphatic rings. The van der Waals surface area contributed by atoms with E-state index in [0.29, 0.717) is 0 Å². The average molecular weight is 254 g/mol. The molecular formula is C14H30N4. The first-order chi connectivity index (χ1) is 8.90. The van der Waals surface area contributed by atoms with Gasteiger partial charge in [0.15, 0.2) is 0 Å². The van der Waals surface area contributed by atoms with Crippen LogP contribution in [0, 0.1) is 5.92 Å². The van der Waals surface area contributed by atoms with Gasteiger partial charge in [0.05, 0.1) is 0 Å². The molecule has 0 bridgehead atoms. The maximum absolute atomic E-state index is 3.62. The van der Waals surface area contributed by atoms with Gasteiger partial charge < -0.3 is 16.0 Å². The lowest BCUT2D eigenvalue weighted by Gasteiger charge is -2.40. The first kappa shape index (κ1) is 14.3. The van der Waals surface area contributed by atoms with Gasteiger partial charge in [-0.1, -0.05) is 13.3 Å². The standard InChI is InChI=1S/C14H30N4/c1-2-3-4-16-10-13-9-14(12-17-11-13)18-7-5-15-6-8-18/h13-17H,2-12H2,1H3. The molecule has 0 aromatic rings. The van der Waals surface area contributed by atoms with Crippen LogP contribution in [-0.4, -0.2) is 63.3 Å². The first-order valence-electron chi connectivity index (χ1n) is 7.76. The minimum atomic E-state index is 0.763. The van der Waals surface area contributed by atoms with Crippen LogP contribution in [0.5, 0.6) is 0 Å². The van der Waals surface area contributed by atoms with Gasteiger partial charge >= 0.3 is 0 Å². The van der Waals surface area contributed by atoms with Crippen LogP contribution in [0.1, 0.15) is 26.2 Å². The highest BCUT2D eigenvalue weighted by molar-refractivity contribution is 4.86. The van der Waals surface area contributed by atoms with Gasteiger partial charge in [0.2, 0.25) is 0 Å². The summed E-state index contributed by atoms with van der Waals surface area (Å²) >= 11 is 0. The van der Waals surface area contributed by atoms with Gasteiger partial charge in [0.25, 0.3) is 0 Å². The Bertz CT molecular complexity index is 216. The van der Waals surface area contributed by atoms with E-state index in [1.54, 1.807) is 0 Å². The van der Waals surface area contributed by atoms with Crippen molar-refractivity contribution in [2.45, 2.75) is 32.2 Å². The smallest absolute Gasteiger partial charge is 0.0225 e. The molecular weight excluding hydrogens is 224 g/mol. The van der Waals surface area contributed by atoms with Gasteiger partial charge in [-0.2, -0.15) is 0 Å². The third kappa shape index (κ3) is 4.50. The second-order valence-electron chi connectivity index (χ2n) is 5.76. The van der Waals surface area contributed by atoms with Crippen molar-refractivity contribution >= 4 is 0 Å². The molecule has 0 radical (unpaired) electrons. The molecule has 3 N–H and O–H groups in total. The zero-order valence-electron chi connectivity index (χ0n) is 11.9. The molecule has 0 saturated carbocycles. The molecule has 18 heavy (non-hydrogen) atoms. The summed E-state index contributed by atoms with van der Waals surface area (Å²) in [6.07, 6.45) is 3.97.